The summed E-state index contributed by atoms with van der Waals surface area (Å²) in [4.78, 5) is 0. The molecule has 0 amide bonds. The van der Waals surface area contributed by atoms with Gasteiger partial charge in [-0.15, -0.1) is 0 Å². The molecule has 0 unspecified atom stereocenters. The number of benzene rings is 1. The molecule has 0 aliphatic carbocycles. The molecule has 0 aromatic heterocycles. The summed E-state index contributed by atoms with van der Waals surface area (Å²) in [5.74, 6) is 0.869. The topological polar surface area (TPSA) is 9.23 Å². The normalized spacial score (nSPS) is 9.29. The van der Waals surface area contributed by atoms with Crippen LogP contribution in [0.4, 0.5) is 0 Å². The van der Waals surface area contributed by atoms with Gasteiger partial charge in [-0.25, -0.2) is 0 Å². The molecule has 0 aliphatic heterocycles. The van der Waals surface area contributed by atoms with Crippen molar-refractivity contribution in [3.63, 3.8) is 0 Å². The van der Waals surface area contributed by atoms with Gasteiger partial charge in [0.2, 0.25) is 0 Å². The molecule has 0 saturated carbocycles. The Morgan fingerprint density at radius 2 is 1.93 bits per heavy atom. The van der Waals surface area contributed by atoms with Crippen LogP contribution in [-0.2, 0) is 11.3 Å². The molecule has 1 aromatic carbocycles. The van der Waals surface area contributed by atoms with Crippen LogP contribution in [0.3, 0.4) is 0 Å². The Kier molecular flexibility index (Phi) is 3.99. The number of ether oxygens (including phenoxy) is 1. The minimum atomic E-state index is 0.605. The van der Waals surface area contributed by atoms with E-state index in [2.05, 4.69) is 6.58 Å². The van der Waals surface area contributed by atoms with Gasteiger partial charge in [-0.2, -0.15) is 0 Å². The molecule has 1 aromatic rings. The summed E-state index contributed by atoms with van der Waals surface area (Å²) >= 11 is 0. The zero-order chi connectivity index (χ0) is 10.4. The predicted molar refractivity (Wildman–Crippen MR) is 59.8 cm³/mol. The lowest BCUT2D eigenvalue weighted by atomic mass is 10.2. The molecule has 0 N–H and O–H groups in total. The van der Waals surface area contributed by atoms with Gasteiger partial charge in [0, 0.05) is 0 Å². The maximum Gasteiger partial charge on any atom is 0.117 e. The quantitative estimate of drug-likeness (QED) is 0.517. The lowest BCUT2D eigenvalue weighted by Crippen LogP contribution is -1.92. The highest BCUT2D eigenvalue weighted by Gasteiger charge is 1.96. The van der Waals surface area contributed by atoms with E-state index in [0.29, 0.717) is 6.61 Å². The van der Waals surface area contributed by atoms with Gasteiger partial charge >= 0.3 is 0 Å². The van der Waals surface area contributed by atoms with Crippen LogP contribution >= 0.6 is 0 Å². The zero-order valence-electron chi connectivity index (χ0n) is 8.79. The fourth-order valence-corrected chi connectivity index (χ4v) is 1.14. The first-order chi connectivity index (χ1) is 6.74. The summed E-state index contributed by atoms with van der Waals surface area (Å²) in [5, 5.41) is 0. The zero-order valence-corrected chi connectivity index (χ0v) is 8.79. The molecule has 1 rings (SSSR count). The van der Waals surface area contributed by atoms with Crippen molar-refractivity contribution in [3.8, 4) is 0 Å². The lowest BCUT2D eigenvalue weighted by molar-refractivity contribution is 0.208. The lowest BCUT2D eigenvalue weighted by Gasteiger charge is -2.08. The maximum absolute atomic E-state index is 5.60. The van der Waals surface area contributed by atoms with E-state index in [4.69, 9.17) is 4.74 Å². The molecule has 0 aliphatic rings. The number of rotatable bonds is 4. The van der Waals surface area contributed by atoms with Crippen LogP contribution in [0.1, 0.15) is 19.4 Å². The van der Waals surface area contributed by atoms with Crippen LogP contribution in [-0.4, -0.2) is 0 Å². The molecule has 0 heterocycles. The Morgan fingerprint density at radius 1 is 1.29 bits per heavy atom. The second-order valence-corrected chi connectivity index (χ2v) is 3.34. The van der Waals surface area contributed by atoms with Crippen molar-refractivity contribution in [2.75, 3.05) is 0 Å². The van der Waals surface area contributed by atoms with Crippen LogP contribution < -0.4 is 0 Å². The maximum atomic E-state index is 5.60. The van der Waals surface area contributed by atoms with Gasteiger partial charge in [0.15, 0.2) is 0 Å². The number of hydrogen-bond acceptors (Lipinski definition) is 1. The Hall–Kier alpha value is -1.50. The monoisotopic (exact) mass is 188 g/mol. The van der Waals surface area contributed by atoms with E-state index in [-0.39, 0.29) is 0 Å². The standard InChI is InChI=1S/C13H16O/c1-4-13(11(2)3)14-10-12-8-6-5-7-9-12/h4-9H,1,10H2,2-3H3. The second kappa shape index (κ2) is 5.28. The largest absolute Gasteiger partial charge is 0.489 e. The average molecular weight is 188 g/mol. The van der Waals surface area contributed by atoms with Gasteiger partial charge in [-0.1, -0.05) is 36.9 Å². The third-order valence-electron chi connectivity index (χ3n) is 1.92. The van der Waals surface area contributed by atoms with Crippen LogP contribution in [0.25, 0.3) is 0 Å². The van der Waals surface area contributed by atoms with Crippen molar-refractivity contribution >= 4 is 0 Å². The predicted octanol–water partition coefficient (Wildman–Crippen LogP) is 3.68. The van der Waals surface area contributed by atoms with Crippen molar-refractivity contribution in [1.29, 1.82) is 0 Å². The molecule has 0 radical (unpaired) electrons. The van der Waals surface area contributed by atoms with Gasteiger partial charge in [0.25, 0.3) is 0 Å². The Bertz CT molecular complexity index is 318. The highest BCUT2D eigenvalue weighted by atomic mass is 16.5. The first kappa shape index (κ1) is 10.6. The molecule has 0 saturated heterocycles. The SMILES string of the molecule is C=CC(OCc1ccccc1)=C(C)C. The van der Waals surface area contributed by atoms with Crippen LogP contribution in [0, 0.1) is 0 Å². The summed E-state index contributed by atoms with van der Waals surface area (Å²) in [6.45, 7) is 8.35. The molecule has 0 fully saturated rings. The summed E-state index contributed by atoms with van der Waals surface area (Å²) in [5.41, 5.74) is 2.32. The van der Waals surface area contributed by atoms with E-state index in [1.807, 2.05) is 44.2 Å². The second-order valence-electron chi connectivity index (χ2n) is 3.34. The Morgan fingerprint density at radius 3 is 2.43 bits per heavy atom. The highest BCUT2D eigenvalue weighted by Crippen LogP contribution is 2.10. The summed E-state index contributed by atoms with van der Waals surface area (Å²) < 4.78 is 5.60. The fourth-order valence-electron chi connectivity index (χ4n) is 1.14. The van der Waals surface area contributed by atoms with E-state index >= 15 is 0 Å². The Labute approximate surface area is 85.7 Å². The van der Waals surface area contributed by atoms with Crippen molar-refractivity contribution in [2.24, 2.45) is 0 Å². The van der Waals surface area contributed by atoms with Gasteiger partial charge in [0.1, 0.15) is 12.4 Å². The molecular weight excluding hydrogens is 172 g/mol. The van der Waals surface area contributed by atoms with Crippen LogP contribution in [0.2, 0.25) is 0 Å². The molecule has 0 bridgehead atoms. The molecule has 0 spiro atoms. The first-order valence-electron chi connectivity index (χ1n) is 4.70. The fraction of sp³-hybridized carbons (Fsp3) is 0.231. The third kappa shape index (κ3) is 3.09. The van der Waals surface area contributed by atoms with E-state index in [0.717, 1.165) is 11.3 Å². The average Bonchev–Trinajstić information content (AvgIpc) is 2.20. The van der Waals surface area contributed by atoms with Crippen molar-refractivity contribution < 1.29 is 4.74 Å². The van der Waals surface area contributed by atoms with Crippen molar-refractivity contribution in [3.05, 3.63) is 59.9 Å². The van der Waals surface area contributed by atoms with E-state index in [1.165, 1.54) is 5.56 Å². The minimum Gasteiger partial charge on any atom is -0.489 e. The smallest absolute Gasteiger partial charge is 0.117 e. The number of hydrogen-bond donors (Lipinski definition) is 0. The minimum absolute atomic E-state index is 0.605. The first-order valence-corrected chi connectivity index (χ1v) is 4.70. The van der Waals surface area contributed by atoms with Crippen LogP contribution in [0.15, 0.2) is 54.3 Å². The summed E-state index contributed by atoms with van der Waals surface area (Å²) in [6.07, 6.45) is 1.75. The van der Waals surface area contributed by atoms with Gasteiger partial charge in [-0.05, 0) is 31.1 Å². The molecule has 14 heavy (non-hydrogen) atoms. The van der Waals surface area contributed by atoms with Crippen LogP contribution in [0.5, 0.6) is 0 Å². The van der Waals surface area contributed by atoms with E-state index in [9.17, 15) is 0 Å². The van der Waals surface area contributed by atoms with Crippen molar-refractivity contribution in [2.45, 2.75) is 20.5 Å². The molecule has 1 nitrogen and oxygen atoms in total. The highest BCUT2D eigenvalue weighted by molar-refractivity contribution is 5.17. The summed E-state index contributed by atoms with van der Waals surface area (Å²) in [7, 11) is 0. The van der Waals surface area contributed by atoms with E-state index < -0.39 is 0 Å². The van der Waals surface area contributed by atoms with Gasteiger partial charge in [0.05, 0.1) is 0 Å². The van der Waals surface area contributed by atoms with E-state index in [1.54, 1.807) is 6.08 Å². The Balaban J connectivity index is 2.57. The van der Waals surface area contributed by atoms with Gasteiger partial charge in [-0.3, -0.25) is 0 Å². The van der Waals surface area contributed by atoms with Gasteiger partial charge < -0.3 is 4.74 Å². The molecule has 1 heteroatoms. The summed E-state index contributed by atoms with van der Waals surface area (Å²) in [6, 6.07) is 10.1. The van der Waals surface area contributed by atoms with Crippen molar-refractivity contribution in [1.82, 2.24) is 0 Å². The number of allylic oxidation sites excluding steroid dienone is 2. The molecule has 0 atom stereocenters. The molecular formula is C13H16O. The molecule has 74 valence electrons. The third-order valence-corrected chi connectivity index (χ3v) is 1.92.